The molecule has 0 saturated heterocycles. The lowest BCUT2D eigenvalue weighted by molar-refractivity contribution is -0.139. The van der Waals surface area contributed by atoms with Crippen LogP contribution in [0, 0.1) is 0 Å². The molecule has 0 aromatic carbocycles. The van der Waals surface area contributed by atoms with Crippen LogP contribution >= 0.6 is 11.5 Å². The fourth-order valence-corrected chi connectivity index (χ4v) is 1.83. The van der Waals surface area contributed by atoms with E-state index in [-0.39, 0.29) is 0 Å². The van der Waals surface area contributed by atoms with Crippen LogP contribution in [0.3, 0.4) is 0 Å². The predicted molar refractivity (Wildman–Crippen MR) is 58.5 cm³/mol. The molecule has 0 aliphatic heterocycles. The van der Waals surface area contributed by atoms with Crippen LogP contribution in [-0.2, 0) is 11.2 Å². The standard InChI is InChI=1S/C9H13N3O3S/c1-3-5-7(16-12-11-5)8(13)10-6(4-2)9(14)15/h6H,3-4H2,1-2H3,(H,10,13)(H,14,15)/t6-/m0/s1. The highest BCUT2D eigenvalue weighted by molar-refractivity contribution is 7.08. The van der Waals surface area contributed by atoms with Crippen molar-refractivity contribution in [1.82, 2.24) is 14.9 Å². The van der Waals surface area contributed by atoms with E-state index in [9.17, 15) is 9.59 Å². The van der Waals surface area contributed by atoms with Crippen LogP contribution in [0.5, 0.6) is 0 Å². The van der Waals surface area contributed by atoms with Crippen LogP contribution in [0.15, 0.2) is 0 Å². The van der Waals surface area contributed by atoms with Gasteiger partial charge in [0.05, 0.1) is 5.69 Å². The van der Waals surface area contributed by atoms with E-state index in [4.69, 9.17) is 5.11 Å². The molecule has 0 radical (unpaired) electrons. The van der Waals surface area contributed by atoms with E-state index in [1.165, 1.54) is 0 Å². The summed E-state index contributed by atoms with van der Waals surface area (Å²) in [7, 11) is 0. The molecule has 0 fully saturated rings. The van der Waals surface area contributed by atoms with Gasteiger partial charge in [-0.05, 0) is 24.4 Å². The summed E-state index contributed by atoms with van der Waals surface area (Å²) in [5.41, 5.74) is 0.600. The average molecular weight is 243 g/mol. The lowest BCUT2D eigenvalue weighted by Crippen LogP contribution is -2.40. The third kappa shape index (κ3) is 2.75. The second-order valence-electron chi connectivity index (χ2n) is 3.17. The number of carbonyl (C=O) groups excluding carboxylic acids is 1. The first-order valence-electron chi connectivity index (χ1n) is 4.95. The van der Waals surface area contributed by atoms with Crippen molar-refractivity contribution >= 4 is 23.4 Å². The molecule has 2 N–H and O–H groups in total. The highest BCUT2D eigenvalue weighted by Gasteiger charge is 2.21. The fraction of sp³-hybridized carbons (Fsp3) is 0.556. The largest absolute Gasteiger partial charge is 0.480 e. The van der Waals surface area contributed by atoms with Gasteiger partial charge in [0, 0.05) is 0 Å². The van der Waals surface area contributed by atoms with Crippen molar-refractivity contribution in [3.05, 3.63) is 10.6 Å². The van der Waals surface area contributed by atoms with Gasteiger partial charge in [0.25, 0.3) is 5.91 Å². The van der Waals surface area contributed by atoms with Crippen molar-refractivity contribution in [3.8, 4) is 0 Å². The molecule has 1 rings (SSSR count). The van der Waals surface area contributed by atoms with Crippen molar-refractivity contribution in [1.29, 1.82) is 0 Å². The van der Waals surface area contributed by atoms with E-state index in [1.807, 2.05) is 6.92 Å². The molecule has 88 valence electrons. The van der Waals surface area contributed by atoms with E-state index < -0.39 is 17.9 Å². The number of hydrogen-bond acceptors (Lipinski definition) is 5. The predicted octanol–water partition coefficient (Wildman–Crippen LogP) is 0.694. The Labute approximate surface area is 96.8 Å². The number of nitrogens with one attached hydrogen (secondary N) is 1. The van der Waals surface area contributed by atoms with Crippen LogP contribution in [0.25, 0.3) is 0 Å². The molecule has 0 saturated carbocycles. The summed E-state index contributed by atoms with van der Waals surface area (Å²) < 4.78 is 3.68. The number of aryl methyl sites for hydroxylation is 1. The smallest absolute Gasteiger partial charge is 0.326 e. The molecule has 0 unspecified atom stereocenters. The van der Waals surface area contributed by atoms with E-state index in [1.54, 1.807) is 6.92 Å². The second kappa shape index (κ2) is 5.55. The van der Waals surface area contributed by atoms with Crippen LogP contribution in [0.4, 0.5) is 0 Å². The third-order valence-corrected chi connectivity index (χ3v) is 2.88. The number of carboxylic acids is 1. The van der Waals surface area contributed by atoms with Gasteiger partial charge in [-0.15, -0.1) is 5.10 Å². The number of carbonyl (C=O) groups is 2. The Balaban J connectivity index is 2.75. The van der Waals surface area contributed by atoms with E-state index in [0.29, 0.717) is 23.4 Å². The number of aliphatic carboxylic acids is 1. The molecule has 1 aromatic rings. The lowest BCUT2D eigenvalue weighted by Gasteiger charge is -2.11. The van der Waals surface area contributed by atoms with Crippen LogP contribution < -0.4 is 5.32 Å². The Morgan fingerprint density at radius 1 is 1.50 bits per heavy atom. The third-order valence-electron chi connectivity index (χ3n) is 2.11. The van der Waals surface area contributed by atoms with E-state index in [2.05, 4.69) is 14.9 Å². The lowest BCUT2D eigenvalue weighted by atomic mass is 10.2. The second-order valence-corrected chi connectivity index (χ2v) is 3.93. The van der Waals surface area contributed by atoms with Gasteiger partial charge in [0.15, 0.2) is 0 Å². The summed E-state index contributed by atoms with van der Waals surface area (Å²) in [5.74, 6) is -1.45. The monoisotopic (exact) mass is 243 g/mol. The minimum absolute atomic E-state index is 0.342. The molecular weight excluding hydrogens is 230 g/mol. The maximum absolute atomic E-state index is 11.7. The number of nitrogens with zero attached hydrogens (tertiary/aromatic N) is 2. The first kappa shape index (κ1) is 12.6. The summed E-state index contributed by atoms with van der Waals surface area (Å²) in [4.78, 5) is 22.9. The molecular formula is C9H13N3O3S. The Morgan fingerprint density at radius 3 is 2.69 bits per heavy atom. The molecule has 16 heavy (non-hydrogen) atoms. The average Bonchev–Trinajstić information content (AvgIpc) is 2.72. The Hall–Kier alpha value is -1.50. The zero-order valence-corrected chi connectivity index (χ0v) is 9.87. The van der Waals surface area contributed by atoms with Crippen LogP contribution in [0.1, 0.15) is 35.6 Å². The van der Waals surface area contributed by atoms with E-state index in [0.717, 1.165) is 11.5 Å². The normalized spacial score (nSPS) is 12.1. The molecule has 6 nitrogen and oxygen atoms in total. The first-order chi connectivity index (χ1) is 7.60. The number of rotatable bonds is 5. The maximum Gasteiger partial charge on any atom is 0.326 e. The zero-order valence-electron chi connectivity index (χ0n) is 9.06. The van der Waals surface area contributed by atoms with E-state index >= 15 is 0 Å². The summed E-state index contributed by atoms with van der Waals surface area (Å²) in [6, 6.07) is -0.862. The summed E-state index contributed by atoms with van der Waals surface area (Å²) >= 11 is 0.980. The van der Waals surface area contributed by atoms with Crippen LogP contribution in [0.2, 0.25) is 0 Å². The molecule has 0 spiro atoms. The minimum atomic E-state index is -1.04. The molecule has 1 heterocycles. The quantitative estimate of drug-likeness (QED) is 0.794. The number of hydrogen-bond donors (Lipinski definition) is 2. The SMILES string of the molecule is CCc1nnsc1C(=O)N[C@@H](CC)C(=O)O. The summed E-state index contributed by atoms with van der Waals surface area (Å²) in [5, 5.41) is 15.0. The highest BCUT2D eigenvalue weighted by Crippen LogP contribution is 2.11. The Bertz CT molecular complexity index is 391. The zero-order chi connectivity index (χ0) is 12.1. The Kier molecular flexibility index (Phi) is 4.36. The fourth-order valence-electron chi connectivity index (χ4n) is 1.17. The van der Waals surface area contributed by atoms with Gasteiger partial charge in [0.1, 0.15) is 10.9 Å². The van der Waals surface area contributed by atoms with Crippen molar-refractivity contribution < 1.29 is 14.7 Å². The van der Waals surface area contributed by atoms with Gasteiger partial charge < -0.3 is 10.4 Å². The number of aromatic nitrogens is 2. The molecule has 7 heteroatoms. The van der Waals surface area contributed by atoms with Crippen LogP contribution in [-0.4, -0.2) is 32.6 Å². The summed E-state index contributed by atoms with van der Waals surface area (Å²) in [6.45, 7) is 3.56. The minimum Gasteiger partial charge on any atom is -0.480 e. The molecule has 1 amide bonds. The van der Waals surface area contributed by atoms with Crippen molar-refractivity contribution in [2.24, 2.45) is 0 Å². The number of carboxylic acid groups (broad SMARTS) is 1. The van der Waals surface area contributed by atoms with Gasteiger partial charge in [-0.2, -0.15) is 0 Å². The molecule has 0 aliphatic carbocycles. The van der Waals surface area contributed by atoms with Gasteiger partial charge >= 0.3 is 5.97 Å². The maximum atomic E-state index is 11.7. The number of amides is 1. The topological polar surface area (TPSA) is 92.2 Å². The van der Waals surface area contributed by atoms with Crippen molar-refractivity contribution in [3.63, 3.8) is 0 Å². The Morgan fingerprint density at radius 2 is 2.19 bits per heavy atom. The molecule has 1 aromatic heterocycles. The van der Waals surface area contributed by atoms with Gasteiger partial charge in [-0.3, -0.25) is 4.79 Å². The van der Waals surface area contributed by atoms with Gasteiger partial charge in [-0.1, -0.05) is 18.3 Å². The van der Waals surface area contributed by atoms with Gasteiger partial charge in [0.2, 0.25) is 0 Å². The molecule has 1 atom stereocenters. The molecule has 0 bridgehead atoms. The van der Waals surface area contributed by atoms with Crippen molar-refractivity contribution in [2.75, 3.05) is 0 Å². The first-order valence-corrected chi connectivity index (χ1v) is 5.72. The van der Waals surface area contributed by atoms with Crippen molar-refractivity contribution in [2.45, 2.75) is 32.7 Å². The summed E-state index contributed by atoms with van der Waals surface area (Å²) in [6.07, 6.45) is 0.942. The molecule has 0 aliphatic rings. The van der Waals surface area contributed by atoms with Gasteiger partial charge in [-0.25, -0.2) is 4.79 Å². The highest BCUT2D eigenvalue weighted by atomic mass is 32.1.